The lowest BCUT2D eigenvalue weighted by Crippen LogP contribution is -1.84. The zero-order valence-corrected chi connectivity index (χ0v) is 9.37. The number of aryl methyl sites for hydroxylation is 1. The molecule has 84 valence electrons. The van der Waals surface area contributed by atoms with E-state index >= 15 is 0 Å². The van der Waals surface area contributed by atoms with Crippen molar-refractivity contribution in [1.29, 1.82) is 0 Å². The summed E-state index contributed by atoms with van der Waals surface area (Å²) in [6, 6.07) is 9.91. The summed E-state index contributed by atoms with van der Waals surface area (Å²) in [5, 5.41) is 4.09. The average Bonchev–Trinajstić information content (AvgIpc) is 2.98. The molecule has 1 aromatic carbocycles. The molecule has 3 rings (SSSR count). The Morgan fingerprint density at radius 2 is 1.88 bits per heavy atom. The van der Waals surface area contributed by atoms with Crippen molar-refractivity contribution in [2.45, 2.75) is 0 Å². The van der Waals surface area contributed by atoms with E-state index in [4.69, 9.17) is 4.42 Å². The van der Waals surface area contributed by atoms with E-state index in [-0.39, 0.29) is 0 Å². The molecular weight excluding hydrogens is 214 g/mol. The first-order valence-electron chi connectivity index (χ1n) is 5.33. The van der Waals surface area contributed by atoms with E-state index in [1.54, 1.807) is 17.1 Å². The molecule has 0 fully saturated rings. The summed E-state index contributed by atoms with van der Waals surface area (Å²) in [4.78, 5) is 4.26. The van der Waals surface area contributed by atoms with Crippen LogP contribution in [0.2, 0.25) is 0 Å². The number of rotatable bonds is 2. The molecule has 0 radical (unpaired) electrons. The van der Waals surface area contributed by atoms with Crippen molar-refractivity contribution in [1.82, 2.24) is 14.8 Å². The number of oxazole rings is 1. The van der Waals surface area contributed by atoms with Gasteiger partial charge < -0.3 is 4.42 Å². The zero-order chi connectivity index (χ0) is 11.7. The number of benzene rings is 1. The first-order chi connectivity index (χ1) is 8.33. The van der Waals surface area contributed by atoms with Crippen molar-refractivity contribution in [3.8, 4) is 22.8 Å². The molecule has 2 heterocycles. The van der Waals surface area contributed by atoms with Crippen LogP contribution >= 0.6 is 0 Å². The van der Waals surface area contributed by atoms with Crippen LogP contribution in [0.15, 0.2) is 53.3 Å². The van der Waals surface area contributed by atoms with Gasteiger partial charge in [-0.3, -0.25) is 4.68 Å². The van der Waals surface area contributed by atoms with Gasteiger partial charge >= 0.3 is 0 Å². The molecule has 0 amide bonds. The summed E-state index contributed by atoms with van der Waals surface area (Å²) in [5.41, 5.74) is 1.91. The molecule has 0 atom stereocenters. The molecule has 0 spiro atoms. The minimum Gasteiger partial charge on any atom is -0.436 e. The lowest BCUT2D eigenvalue weighted by molar-refractivity contribution is 0.588. The third kappa shape index (κ3) is 1.85. The van der Waals surface area contributed by atoms with Crippen LogP contribution in [0.4, 0.5) is 0 Å². The van der Waals surface area contributed by atoms with Crippen LogP contribution in [0, 0.1) is 0 Å². The summed E-state index contributed by atoms with van der Waals surface area (Å²) in [6.45, 7) is 0. The Labute approximate surface area is 98.5 Å². The fourth-order valence-electron chi connectivity index (χ4n) is 1.68. The van der Waals surface area contributed by atoms with Crippen LogP contribution in [-0.2, 0) is 7.05 Å². The second-order valence-corrected chi connectivity index (χ2v) is 3.80. The SMILES string of the molecule is Cn1cc(-c2ncc(-c3ccccc3)o2)cn1. The molecule has 0 N–H and O–H groups in total. The number of hydrogen-bond acceptors (Lipinski definition) is 3. The largest absolute Gasteiger partial charge is 0.436 e. The predicted octanol–water partition coefficient (Wildman–Crippen LogP) is 2.74. The third-order valence-corrected chi connectivity index (χ3v) is 2.52. The van der Waals surface area contributed by atoms with Crippen molar-refractivity contribution in [3.63, 3.8) is 0 Å². The van der Waals surface area contributed by atoms with E-state index in [0.29, 0.717) is 5.89 Å². The molecule has 2 aromatic heterocycles. The number of nitrogens with zero attached hydrogens (tertiary/aromatic N) is 3. The lowest BCUT2D eigenvalue weighted by Gasteiger charge is -1.93. The topological polar surface area (TPSA) is 43.9 Å². The van der Waals surface area contributed by atoms with Crippen molar-refractivity contribution in [2.24, 2.45) is 7.05 Å². The molecule has 0 bridgehead atoms. The minimum absolute atomic E-state index is 0.594. The Kier molecular flexibility index (Phi) is 2.26. The standard InChI is InChI=1S/C13H11N3O/c1-16-9-11(7-15-16)13-14-8-12(17-13)10-5-3-2-4-6-10/h2-9H,1H3. The molecule has 0 aliphatic carbocycles. The Morgan fingerprint density at radius 1 is 1.06 bits per heavy atom. The summed E-state index contributed by atoms with van der Waals surface area (Å²) < 4.78 is 7.43. The van der Waals surface area contributed by atoms with Crippen LogP contribution in [0.5, 0.6) is 0 Å². The highest BCUT2D eigenvalue weighted by atomic mass is 16.4. The molecule has 0 saturated heterocycles. The summed E-state index contributed by atoms with van der Waals surface area (Å²) >= 11 is 0. The predicted molar refractivity (Wildman–Crippen MR) is 64.1 cm³/mol. The fourth-order valence-corrected chi connectivity index (χ4v) is 1.68. The Balaban J connectivity index is 1.99. The van der Waals surface area contributed by atoms with Gasteiger partial charge in [-0.2, -0.15) is 5.10 Å². The highest BCUT2D eigenvalue weighted by Gasteiger charge is 2.09. The van der Waals surface area contributed by atoms with Gasteiger partial charge in [0.1, 0.15) is 0 Å². The van der Waals surface area contributed by atoms with E-state index in [2.05, 4.69) is 10.1 Å². The average molecular weight is 225 g/mol. The van der Waals surface area contributed by atoms with Gasteiger partial charge in [-0.1, -0.05) is 30.3 Å². The second-order valence-electron chi connectivity index (χ2n) is 3.80. The molecule has 0 saturated carbocycles. The zero-order valence-electron chi connectivity index (χ0n) is 9.37. The molecule has 0 aliphatic rings. The Morgan fingerprint density at radius 3 is 2.59 bits per heavy atom. The normalized spacial score (nSPS) is 10.6. The van der Waals surface area contributed by atoms with Crippen molar-refractivity contribution in [2.75, 3.05) is 0 Å². The van der Waals surface area contributed by atoms with E-state index in [1.807, 2.05) is 43.6 Å². The van der Waals surface area contributed by atoms with Crippen LogP contribution in [0.25, 0.3) is 22.8 Å². The number of hydrogen-bond donors (Lipinski definition) is 0. The Bertz CT molecular complexity index is 625. The highest BCUT2D eigenvalue weighted by Crippen LogP contribution is 2.25. The smallest absolute Gasteiger partial charge is 0.229 e. The quantitative estimate of drug-likeness (QED) is 0.673. The maximum absolute atomic E-state index is 5.70. The van der Waals surface area contributed by atoms with Crippen molar-refractivity contribution in [3.05, 3.63) is 48.9 Å². The first kappa shape index (κ1) is 9.84. The molecule has 17 heavy (non-hydrogen) atoms. The van der Waals surface area contributed by atoms with E-state index in [9.17, 15) is 0 Å². The highest BCUT2D eigenvalue weighted by molar-refractivity contribution is 5.59. The Hall–Kier alpha value is -2.36. The summed E-state index contributed by atoms with van der Waals surface area (Å²) in [5.74, 6) is 1.36. The molecule has 0 unspecified atom stereocenters. The van der Waals surface area contributed by atoms with Gasteiger partial charge in [0, 0.05) is 18.8 Å². The van der Waals surface area contributed by atoms with Gasteiger partial charge in [-0.05, 0) is 0 Å². The molecule has 0 aliphatic heterocycles. The van der Waals surface area contributed by atoms with Crippen molar-refractivity contribution < 1.29 is 4.42 Å². The summed E-state index contributed by atoms with van der Waals surface area (Å²) in [7, 11) is 1.87. The fraction of sp³-hybridized carbons (Fsp3) is 0.0769. The first-order valence-corrected chi connectivity index (χ1v) is 5.33. The van der Waals surface area contributed by atoms with Gasteiger partial charge in [0.05, 0.1) is 18.0 Å². The van der Waals surface area contributed by atoms with Crippen LogP contribution in [-0.4, -0.2) is 14.8 Å². The van der Waals surface area contributed by atoms with Crippen molar-refractivity contribution >= 4 is 0 Å². The maximum Gasteiger partial charge on any atom is 0.229 e. The molecular formula is C13H11N3O. The third-order valence-electron chi connectivity index (χ3n) is 2.52. The second kappa shape index (κ2) is 3.90. The molecule has 4 nitrogen and oxygen atoms in total. The van der Waals surface area contributed by atoms with E-state index < -0.39 is 0 Å². The van der Waals surface area contributed by atoms with Gasteiger partial charge in [0.2, 0.25) is 5.89 Å². The van der Waals surface area contributed by atoms with Gasteiger partial charge in [-0.25, -0.2) is 4.98 Å². The minimum atomic E-state index is 0.594. The molecule has 4 heteroatoms. The maximum atomic E-state index is 5.70. The van der Waals surface area contributed by atoms with Gasteiger partial charge in [0.15, 0.2) is 5.76 Å². The van der Waals surface area contributed by atoms with Crippen LogP contribution in [0.3, 0.4) is 0 Å². The van der Waals surface area contributed by atoms with Gasteiger partial charge in [-0.15, -0.1) is 0 Å². The lowest BCUT2D eigenvalue weighted by atomic mass is 10.2. The van der Waals surface area contributed by atoms with Crippen LogP contribution < -0.4 is 0 Å². The van der Waals surface area contributed by atoms with E-state index in [1.165, 1.54) is 0 Å². The van der Waals surface area contributed by atoms with Crippen LogP contribution in [0.1, 0.15) is 0 Å². The monoisotopic (exact) mass is 225 g/mol. The number of aromatic nitrogens is 3. The van der Waals surface area contributed by atoms with Gasteiger partial charge in [0.25, 0.3) is 0 Å². The van der Waals surface area contributed by atoms with E-state index in [0.717, 1.165) is 16.9 Å². The molecule has 3 aromatic rings. The summed E-state index contributed by atoms with van der Waals surface area (Å²) in [6.07, 6.45) is 5.35.